The maximum Gasteiger partial charge on any atom is 0.161 e. The summed E-state index contributed by atoms with van der Waals surface area (Å²) in [6, 6.07) is 1.24. The van der Waals surface area contributed by atoms with Crippen LogP contribution >= 0.6 is 0 Å². The van der Waals surface area contributed by atoms with Gasteiger partial charge in [-0.1, -0.05) is 13.8 Å². The second kappa shape index (κ2) is 14.1. The van der Waals surface area contributed by atoms with Gasteiger partial charge in [0, 0.05) is 13.2 Å². The third kappa shape index (κ3) is 16.1. The van der Waals surface area contributed by atoms with Crippen molar-refractivity contribution in [3.63, 3.8) is 0 Å². The molecule has 0 aromatic heterocycles. The van der Waals surface area contributed by atoms with Crippen molar-refractivity contribution in [3.8, 4) is 0 Å². The molecule has 1 heterocycles. The molecule has 1 rings (SSSR count). The molecule has 0 saturated carbocycles. The third-order valence-corrected chi connectivity index (χ3v) is 3.72. The van der Waals surface area contributed by atoms with E-state index in [1.807, 2.05) is 6.92 Å². The first-order valence-corrected chi connectivity index (χ1v) is 8.40. The molecule has 5 heteroatoms. The topological polar surface area (TPSA) is 43.0 Å². The van der Waals surface area contributed by atoms with Gasteiger partial charge in [-0.05, 0) is 32.5 Å². The molecule has 1 unspecified atom stereocenters. The molecule has 0 spiro atoms. The number of epoxide rings is 1. The maximum absolute atomic E-state index is 5.38. The first-order valence-electron chi connectivity index (χ1n) is 6.82. The first kappa shape index (κ1) is 17.1. The molecule has 17 heavy (non-hydrogen) atoms. The minimum Gasteiger partial charge on any atom is -0.424 e. The summed E-state index contributed by atoms with van der Waals surface area (Å²) in [5.74, 6) is 0. The quantitative estimate of drug-likeness (QED) is 0.362. The van der Waals surface area contributed by atoms with Crippen molar-refractivity contribution in [2.45, 2.75) is 39.3 Å². The molecule has 4 nitrogen and oxygen atoms in total. The molecule has 0 amide bonds. The summed E-state index contributed by atoms with van der Waals surface area (Å²) >= 11 is 0. The van der Waals surface area contributed by atoms with Crippen LogP contribution in [-0.2, 0) is 13.9 Å². The van der Waals surface area contributed by atoms with E-state index in [0.29, 0.717) is 6.10 Å². The van der Waals surface area contributed by atoms with E-state index >= 15 is 0 Å². The van der Waals surface area contributed by atoms with E-state index in [0.717, 1.165) is 45.9 Å². The van der Waals surface area contributed by atoms with Gasteiger partial charge in [0.2, 0.25) is 0 Å². The van der Waals surface area contributed by atoms with Crippen molar-refractivity contribution >= 4 is 9.76 Å². The van der Waals surface area contributed by atoms with Crippen molar-refractivity contribution in [1.29, 1.82) is 0 Å². The van der Waals surface area contributed by atoms with Gasteiger partial charge in [-0.3, -0.25) is 0 Å². The predicted octanol–water partition coefficient (Wildman–Crippen LogP) is 0.946. The summed E-state index contributed by atoms with van der Waals surface area (Å²) in [4.78, 5) is 0. The van der Waals surface area contributed by atoms with Crippen LogP contribution in [0.3, 0.4) is 0 Å². The lowest BCUT2D eigenvalue weighted by atomic mass is 10.5. The van der Waals surface area contributed by atoms with Crippen molar-refractivity contribution in [2.24, 2.45) is 0 Å². The SMILES string of the molecule is CCNCC.CCO[SiH2]CCCOCC1CO1. The fourth-order valence-electron chi connectivity index (χ4n) is 1.18. The van der Waals surface area contributed by atoms with Crippen LogP contribution in [0.2, 0.25) is 6.04 Å². The molecule has 104 valence electrons. The van der Waals surface area contributed by atoms with Crippen LogP contribution in [0.4, 0.5) is 0 Å². The molecule has 0 aliphatic carbocycles. The molecular formula is C12H29NO3Si. The Kier molecular flexibility index (Phi) is 14.2. The predicted molar refractivity (Wildman–Crippen MR) is 74.4 cm³/mol. The van der Waals surface area contributed by atoms with Crippen LogP contribution in [0.25, 0.3) is 0 Å². The lowest BCUT2D eigenvalue weighted by molar-refractivity contribution is 0.116. The third-order valence-electron chi connectivity index (χ3n) is 2.24. The van der Waals surface area contributed by atoms with Gasteiger partial charge < -0.3 is 19.2 Å². The van der Waals surface area contributed by atoms with Crippen LogP contribution in [-0.4, -0.2) is 55.4 Å². The van der Waals surface area contributed by atoms with Crippen molar-refractivity contribution in [3.05, 3.63) is 0 Å². The number of rotatable bonds is 10. The fraction of sp³-hybridized carbons (Fsp3) is 1.00. The van der Waals surface area contributed by atoms with Crippen molar-refractivity contribution < 1.29 is 13.9 Å². The molecule has 1 aliphatic heterocycles. The molecule has 1 N–H and O–H groups in total. The summed E-state index contributed by atoms with van der Waals surface area (Å²) < 4.78 is 15.7. The molecular weight excluding hydrogens is 234 g/mol. The minimum atomic E-state index is -0.232. The summed E-state index contributed by atoms with van der Waals surface area (Å²) in [5.41, 5.74) is 0. The van der Waals surface area contributed by atoms with Gasteiger partial charge in [0.05, 0.1) is 13.2 Å². The van der Waals surface area contributed by atoms with Gasteiger partial charge in [0.1, 0.15) is 6.10 Å². The van der Waals surface area contributed by atoms with E-state index in [2.05, 4.69) is 19.2 Å². The number of hydrogen-bond donors (Lipinski definition) is 1. The Bertz CT molecular complexity index is 144. The minimum absolute atomic E-state index is 0.232. The molecule has 1 saturated heterocycles. The van der Waals surface area contributed by atoms with Crippen LogP contribution in [0.1, 0.15) is 27.2 Å². The molecule has 0 radical (unpaired) electrons. The van der Waals surface area contributed by atoms with Crippen LogP contribution in [0, 0.1) is 0 Å². The van der Waals surface area contributed by atoms with E-state index in [9.17, 15) is 0 Å². The number of ether oxygens (including phenoxy) is 2. The second-order valence-corrected chi connectivity index (χ2v) is 5.41. The summed E-state index contributed by atoms with van der Waals surface area (Å²) in [5, 5.41) is 3.11. The normalized spacial score (nSPS) is 18.2. The average Bonchev–Trinajstić information content (AvgIpc) is 3.14. The largest absolute Gasteiger partial charge is 0.424 e. The van der Waals surface area contributed by atoms with E-state index in [1.54, 1.807) is 0 Å². The lowest BCUT2D eigenvalue weighted by Gasteiger charge is -2.01. The Labute approximate surface area is 108 Å². The smallest absolute Gasteiger partial charge is 0.161 e. The van der Waals surface area contributed by atoms with E-state index < -0.39 is 0 Å². The van der Waals surface area contributed by atoms with E-state index in [-0.39, 0.29) is 9.76 Å². The molecule has 1 aliphatic rings. The molecule has 0 aromatic rings. The average molecular weight is 263 g/mol. The highest BCUT2D eigenvalue weighted by Crippen LogP contribution is 2.08. The Morgan fingerprint density at radius 2 is 2.00 bits per heavy atom. The lowest BCUT2D eigenvalue weighted by Crippen LogP contribution is -2.09. The molecule has 0 aromatic carbocycles. The highest BCUT2D eigenvalue weighted by molar-refractivity contribution is 6.26. The van der Waals surface area contributed by atoms with Gasteiger partial charge in [0.25, 0.3) is 0 Å². The zero-order valence-corrected chi connectivity index (χ0v) is 13.1. The van der Waals surface area contributed by atoms with Gasteiger partial charge in [-0.2, -0.15) is 0 Å². The van der Waals surface area contributed by atoms with E-state index in [1.165, 1.54) is 6.04 Å². The highest BCUT2D eigenvalue weighted by atomic mass is 28.2. The van der Waals surface area contributed by atoms with Gasteiger partial charge in [0.15, 0.2) is 9.76 Å². The fourth-order valence-corrected chi connectivity index (χ4v) is 2.08. The van der Waals surface area contributed by atoms with Crippen LogP contribution < -0.4 is 5.32 Å². The Balaban J connectivity index is 0.000000437. The molecule has 1 fully saturated rings. The van der Waals surface area contributed by atoms with Crippen LogP contribution in [0.5, 0.6) is 0 Å². The number of nitrogens with one attached hydrogen (secondary N) is 1. The summed E-state index contributed by atoms with van der Waals surface area (Å²) in [6.45, 7) is 11.9. The monoisotopic (exact) mass is 263 g/mol. The zero-order chi connectivity index (χ0) is 12.8. The van der Waals surface area contributed by atoms with Crippen molar-refractivity contribution in [2.75, 3.05) is 39.5 Å². The van der Waals surface area contributed by atoms with E-state index in [4.69, 9.17) is 13.9 Å². The van der Waals surface area contributed by atoms with Gasteiger partial charge >= 0.3 is 0 Å². The first-order chi connectivity index (χ1) is 8.35. The standard InChI is InChI=1S/C8H18O3Si.C4H11N/c1-2-11-12-5-3-4-9-6-8-7-10-8;1-3-5-4-2/h8H,2-7,12H2,1H3;5H,3-4H2,1-2H3. The van der Waals surface area contributed by atoms with Gasteiger partial charge in [-0.25, -0.2) is 0 Å². The Morgan fingerprint density at radius 1 is 1.29 bits per heavy atom. The highest BCUT2D eigenvalue weighted by Gasteiger charge is 2.21. The van der Waals surface area contributed by atoms with Crippen molar-refractivity contribution in [1.82, 2.24) is 5.32 Å². The summed E-state index contributed by atoms with van der Waals surface area (Å²) in [7, 11) is -0.232. The summed E-state index contributed by atoms with van der Waals surface area (Å²) in [6.07, 6.45) is 1.56. The Hall–Kier alpha value is 0.0569. The maximum atomic E-state index is 5.38. The van der Waals surface area contributed by atoms with Crippen LogP contribution in [0.15, 0.2) is 0 Å². The molecule has 1 atom stereocenters. The zero-order valence-electron chi connectivity index (χ0n) is 11.7. The Morgan fingerprint density at radius 3 is 2.47 bits per heavy atom. The van der Waals surface area contributed by atoms with Gasteiger partial charge in [-0.15, -0.1) is 0 Å². The molecule has 0 bridgehead atoms. The second-order valence-electron chi connectivity index (χ2n) is 3.89. The number of hydrogen-bond acceptors (Lipinski definition) is 4.